The van der Waals surface area contributed by atoms with Crippen molar-refractivity contribution in [1.29, 1.82) is 0 Å². The average molecular weight is 339 g/mol. The molecule has 2 unspecified atom stereocenters. The number of aromatic amines is 1. The van der Waals surface area contributed by atoms with Crippen molar-refractivity contribution in [2.75, 3.05) is 13.1 Å². The first kappa shape index (κ1) is 16.1. The summed E-state index contributed by atoms with van der Waals surface area (Å²) in [6.07, 6.45) is 5.70. The molecule has 2 heterocycles. The van der Waals surface area contributed by atoms with Crippen LogP contribution in [-0.2, 0) is 19.4 Å². The Balaban J connectivity index is 1.22. The number of aromatic nitrogens is 2. The predicted octanol–water partition coefficient (Wildman–Crippen LogP) is 1.84. The van der Waals surface area contributed by atoms with Crippen molar-refractivity contribution in [3.63, 3.8) is 0 Å². The van der Waals surface area contributed by atoms with Crippen molar-refractivity contribution in [2.24, 2.45) is 0 Å². The van der Waals surface area contributed by atoms with Crippen LogP contribution < -0.4 is 10.6 Å². The Bertz CT molecular complexity index is 714. The molecule has 2 aromatic rings. The standard InChI is InChI=1S/C19H25N5O/c25-19(21-16-7-6-15-11-20-23-18(15)10-16)22-17-8-9-24(13-17)12-14-4-2-1-3-5-14/h1-5,11,16-17H,6-10,12-13H2,(H,20,23)(H2,21,22,25). The fourth-order valence-corrected chi connectivity index (χ4v) is 3.88. The summed E-state index contributed by atoms with van der Waals surface area (Å²) in [4.78, 5) is 14.7. The number of amides is 2. The molecule has 1 saturated heterocycles. The maximum atomic E-state index is 12.3. The van der Waals surface area contributed by atoms with Gasteiger partial charge in [0.25, 0.3) is 0 Å². The van der Waals surface area contributed by atoms with Gasteiger partial charge in [-0.25, -0.2) is 4.79 Å². The van der Waals surface area contributed by atoms with Gasteiger partial charge in [-0.2, -0.15) is 5.10 Å². The van der Waals surface area contributed by atoms with Crippen LogP contribution in [0.5, 0.6) is 0 Å². The predicted molar refractivity (Wildman–Crippen MR) is 96.2 cm³/mol. The smallest absolute Gasteiger partial charge is 0.315 e. The quantitative estimate of drug-likeness (QED) is 0.796. The second kappa shape index (κ2) is 7.27. The van der Waals surface area contributed by atoms with E-state index in [1.54, 1.807) is 0 Å². The zero-order chi connectivity index (χ0) is 17.1. The number of nitrogens with one attached hydrogen (secondary N) is 3. The van der Waals surface area contributed by atoms with Gasteiger partial charge in [0, 0.05) is 43.8 Å². The highest BCUT2D eigenvalue weighted by molar-refractivity contribution is 5.74. The third-order valence-corrected chi connectivity index (χ3v) is 5.21. The van der Waals surface area contributed by atoms with Crippen molar-refractivity contribution < 1.29 is 4.79 Å². The molecule has 4 rings (SSSR count). The highest BCUT2D eigenvalue weighted by Crippen LogP contribution is 2.19. The molecule has 1 aliphatic heterocycles. The highest BCUT2D eigenvalue weighted by atomic mass is 16.2. The molecular formula is C19H25N5O. The van der Waals surface area contributed by atoms with E-state index in [0.29, 0.717) is 0 Å². The summed E-state index contributed by atoms with van der Waals surface area (Å²) >= 11 is 0. The Morgan fingerprint density at radius 2 is 2.04 bits per heavy atom. The lowest BCUT2D eigenvalue weighted by Crippen LogP contribution is -2.48. The van der Waals surface area contributed by atoms with Gasteiger partial charge in [-0.15, -0.1) is 0 Å². The number of H-pyrrole nitrogens is 1. The maximum Gasteiger partial charge on any atom is 0.315 e. The highest BCUT2D eigenvalue weighted by Gasteiger charge is 2.26. The molecule has 3 N–H and O–H groups in total. The van der Waals surface area contributed by atoms with Gasteiger partial charge in [-0.1, -0.05) is 30.3 Å². The second-order valence-corrected chi connectivity index (χ2v) is 7.14. The van der Waals surface area contributed by atoms with Crippen molar-refractivity contribution in [3.05, 3.63) is 53.3 Å². The summed E-state index contributed by atoms with van der Waals surface area (Å²) in [5.41, 5.74) is 3.77. The van der Waals surface area contributed by atoms with Crippen LogP contribution in [0.1, 0.15) is 29.7 Å². The monoisotopic (exact) mass is 339 g/mol. The number of nitrogens with zero attached hydrogens (tertiary/aromatic N) is 2. The third kappa shape index (κ3) is 4.02. The SMILES string of the molecule is O=C(NC1CCc2cn[nH]c2C1)NC1CCN(Cc2ccccc2)C1. The van der Waals surface area contributed by atoms with Gasteiger partial charge in [0.15, 0.2) is 0 Å². The number of hydrogen-bond acceptors (Lipinski definition) is 3. The minimum atomic E-state index is -0.0421. The molecule has 0 radical (unpaired) electrons. The molecule has 0 bridgehead atoms. The number of urea groups is 1. The molecule has 0 spiro atoms. The molecule has 2 amide bonds. The number of benzene rings is 1. The Morgan fingerprint density at radius 3 is 2.92 bits per heavy atom. The number of carbonyl (C=O) groups excluding carboxylic acids is 1. The van der Waals surface area contributed by atoms with Gasteiger partial charge in [0.1, 0.15) is 0 Å². The summed E-state index contributed by atoms with van der Waals surface area (Å²) in [6, 6.07) is 10.9. The summed E-state index contributed by atoms with van der Waals surface area (Å²) in [7, 11) is 0. The van der Waals surface area contributed by atoms with Crippen LogP contribution in [0.15, 0.2) is 36.5 Å². The van der Waals surface area contributed by atoms with Gasteiger partial charge in [-0.3, -0.25) is 10.00 Å². The summed E-state index contributed by atoms with van der Waals surface area (Å²) in [5.74, 6) is 0. The molecule has 0 saturated carbocycles. The van der Waals surface area contributed by atoms with Crippen LogP contribution in [0.3, 0.4) is 0 Å². The van der Waals surface area contributed by atoms with E-state index in [9.17, 15) is 4.79 Å². The van der Waals surface area contributed by atoms with Crippen LogP contribution in [0.25, 0.3) is 0 Å². The van der Waals surface area contributed by atoms with Gasteiger partial charge >= 0.3 is 6.03 Å². The summed E-state index contributed by atoms with van der Waals surface area (Å²) in [5, 5.41) is 13.4. The lowest BCUT2D eigenvalue weighted by molar-refractivity contribution is 0.230. The number of rotatable bonds is 4. The number of hydrogen-bond donors (Lipinski definition) is 3. The number of carbonyl (C=O) groups is 1. The minimum Gasteiger partial charge on any atom is -0.335 e. The average Bonchev–Trinajstić information content (AvgIpc) is 3.24. The first-order chi connectivity index (χ1) is 12.3. The summed E-state index contributed by atoms with van der Waals surface area (Å²) < 4.78 is 0. The largest absolute Gasteiger partial charge is 0.335 e. The van der Waals surface area contributed by atoms with Crippen molar-refractivity contribution >= 4 is 6.03 Å². The van der Waals surface area contributed by atoms with Crippen LogP contribution in [-0.4, -0.2) is 46.3 Å². The minimum absolute atomic E-state index is 0.0421. The van der Waals surface area contributed by atoms with Crippen LogP contribution in [0, 0.1) is 0 Å². The maximum absolute atomic E-state index is 12.3. The number of likely N-dealkylation sites (tertiary alicyclic amines) is 1. The fraction of sp³-hybridized carbons (Fsp3) is 0.474. The third-order valence-electron chi connectivity index (χ3n) is 5.21. The van der Waals surface area contributed by atoms with E-state index in [2.05, 4.69) is 50.0 Å². The van der Waals surface area contributed by atoms with E-state index >= 15 is 0 Å². The Morgan fingerprint density at radius 1 is 1.20 bits per heavy atom. The van der Waals surface area contributed by atoms with E-state index in [4.69, 9.17) is 0 Å². The molecule has 1 fully saturated rings. The van der Waals surface area contributed by atoms with Crippen LogP contribution in [0.2, 0.25) is 0 Å². The first-order valence-electron chi connectivity index (χ1n) is 9.10. The van der Waals surface area contributed by atoms with E-state index in [1.165, 1.54) is 11.1 Å². The normalized spacial score (nSPS) is 23.2. The van der Waals surface area contributed by atoms with Crippen LogP contribution >= 0.6 is 0 Å². The van der Waals surface area contributed by atoms with Gasteiger partial charge in [-0.05, 0) is 30.4 Å². The van der Waals surface area contributed by atoms with Crippen molar-refractivity contribution in [1.82, 2.24) is 25.7 Å². The molecule has 2 aliphatic rings. The van der Waals surface area contributed by atoms with E-state index < -0.39 is 0 Å². The lowest BCUT2D eigenvalue weighted by Gasteiger charge is -2.24. The van der Waals surface area contributed by atoms with Crippen molar-refractivity contribution in [2.45, 2.75) is 44.3 Å². The molecule has 132 valence electrons. The fourth-order valence-electron chi connectivity index (χ4n) is 3.88. The van der Waals surface area contributed by atoms with E-state index in [0.717, 1.165) is 51.0 Å². The topological polar surface area (TPSA) is 73.0 Å². The molecule has 6 nitrogen and oxygen atoms in total. The van der Waals surface area contributed by atoms with E-state index in [1.807, 2.05) is 12.3 Å². The Labute approximate surface area is 148 Å². The van der Waals surface area contributed by atoms with Crippen molar-refractivity contribution in [3.8, 4) is 0 Å². The van der Waals surface area contributed by atoms with E-state index in [-0.39, 0.29) is 18.1 Å². The zero-order valence-corrected chi connectivity index (χ0v) is 14.4. The Kier molecular flexibility index (Phi) is 4.70. The van der Waals surface area contributed by atoms with Gasteiger partial charge < -0.3 is 10.6 Å². The first-order valence-corrected chi connectivity index (χ1v) is 9.10. The molecular weight excluding hydrogens is 314 g/mol. The molecule has 1 aromatic heterocycles. The van der Waals surface area contributed by atoms with Gasteiger partial charge in [0.05, 0.1) is 6.20 Å². The molecule has 25 heavy (non-hydrogen) atoms. The lowest BCUT2D eigenvalue weighted by atomic mass is 9.94. The molecule has 1 aliphatic carbocycles. The number of aryl methyl sites for hydroxylation is 1. The summed E-state index contributed by atoms with van der Waals surface area (Å²) in [6.45, 7) is 2.89. The Hall–Kier alpha value is -2.34. The zero-order valence-electron chi connectivity index (χ0n) is 14.4. The molecule has 6 heteroatoms. The second-order valence-electron chi connectivity index (χ2n) is 7.14. The van der Waals surface area contributed by atoms with Crippen LogP contribution in [0.4, 0.5) is 4.79 Å². The molecule has 2 atom stereocenters. The number of fused-ring (bicyclic) bond motifs is 1. The van der Waals surface area contributed by atoms with Gasteiger partial charge in [0.2, 0.25) is 0 Å². The molecule has 1 aromatic carbocycles.